The summed E-state index contributed by atoms with van der Waals surface area (Å²) >= 11 is 1.48. The van der Waals surface area contributed by atoms with E-state index < -0.39 is 9.84 Å². The topological polar surface area (TPSA) is 90.9 Å². The van der Waals surface area contributed by atoms with Gasteiger partial charge in [-0.3, -0.25) is 9.79 Å². The molecule has 0 aliphatic carbocycles. The molecule has 2 aliphatic rings. The van der Waals surface area contributed by atoms with Gasteiger partial charge in [-0.15, -0.1) is 0 Å². The van der Waals surface area contributed by atoms with Crippen molar-refractivity contribution in [1.82, 2.24) is 10.2 Å². The molecule has 1 saturated heterocycles. The Morgan fingerprint density at radius 2 is 1.93 bits per heavy atom. The number of benzene rings is 1. The number of hydrogen-bond acceptors (Lipinski definition) is 7. The molecule has 154 valence electrons. The maximum Gasteiger partial charge on any atom is 0.251 e. The third kappa shape index (κ3) is 5.48. The molecule has 3 rings (SSSR count). The summed E-state index contributed by atoms with van der Waals surface area (Å²) in [7, 11) is -2.94. The van der Waals surface area contributed by atoms with E-state index in [-0.39, 0.29) is 28.7 Å². The summed E-state index contributed by atoms with van der Waals surface area (Å²) in [4.78, 5) is 19.1. The van der Waals surface area contributed by atoms with Gasteiger partial charge in [0.05, 0.1) is 17.5 Å². The number of hydrogen-bond donors (Lipinski definition) is 2. The summed E-state index contributed by atoms with van der Waals surface area (Å²) in [5.41, 5.74) is 1.46. The van der Waals surface area contributed by atoms with Crippen molar-refractivity contribution < 1.29 is 13.2 Å². The maximum absolute atomic E-state index is 12.2. The first-order chi connectivity index (χ1) is 13.4. The van der Waals surface area contributed by atoms with Crippen molar-refractivity contribution in [2.24, 2.45) is 4.99 Å². The van der Waals surface area contributed by atoms with Crippen molar-refractivity contribution in [3.63, 3.8) is 0 Å². The Labute approximate surface area is 171 Å². The molecule has 9 heteroatoms. The largest absolute Gasteiger partial charge is 0.352 e. The van der Waals surface area contributed by atoms with Gasteiger partial charge in [-0.05, 0) is 50.3 Å². The monoisotopic (exact) mass is 424 g/mol. The van der Waals surface area contributed by atoms with Gasteiger partial charge >= 0.3 is 0 Å². The van der Waals surface area contributed by atoms with Gasteiger partial charge in [0.15, 0.2) is 15.0 Å². The molecule has 2 N–H and O–H groups in total. The summed E-state index contributed by atoms with van der Waals surface area (Å²) < 4.78 is 23.3. The van der Waals surface area contributed by atoms with Crippen LogP contribution in [0.2, 0.25) is 0 Å². The van der Waals surface area contributed by atoms with Gasteiger partial charge in [-0.1, -0.05) is 25.6 Å². The van der Waals surface area contributed by atoms with Crippen LogP contribution in [0, 0.1) is 0 Å². The molecule has 0 radical (unpaired) electrons. The second-order valence-electron chi connectivity index (χ2n) is 7.07. The molecule has 28 heavy (non-hydrogen) atoms. The van der Waals surface area contributed by atoms with Crippen LogP contribution >= 0.6 is 11.8 Å². The quantitative estimate of drug-likeness (QED) is 0.619. The lowest BCUT2D eigenvalue weighted by Crippen LogP contribution is -2.29. The summed E-state index contributed by atoms with van der Waals surface area (Å²) in [6.07, 6.45) is 0.933. The Morgan fingerprint density at radius 1 is 1.21 bits per heavy atom. The smallest absolute Gasteiger partial charge is 0.251 e. The predicted octanol–water partition coefficient (Wildman–Crippen LogP) is 1.83. The number of nitrogens with zero attached hydrogens (tertiary/aromatic N) is 2. The minimum atomic E-state index is -2.94. The van der Waals surface area contributed by atoms with Crippen molar-refractivity contribution in [2.75, 3.05) is 43.0 Å². The van der Waals surface area contributed by atoms with Gasteiger partial charge in [0.1, 0.15) is 0 Å². The second kappa shape index (κ2) is 9.28. The number of fused-ring (bicyclic) bond motifs is 1. The van der Waals surface area contributed by atoms with E-state index in [2.05, 4.69) is 34.4 Å². The number of carbonyl (C=O) groups is 1. The molecule has 0 unspecified atom stereocenters. The summed E-state index contributed by atoms with van der Waals surface area (Å²) in [5, 5.41) is 6.95. The molecule has 0 aromatic heterocycles. The molecular weight excluding hydrogens is 396 g/mol. The zero-order valence-electron chi connectivity index (χ0n) is 16.3. The van der Waals surface area contributed by atoms with Crippen LogP contribution in [0.1, 0.15) is 30.6 Å². The fraction of sp³-hybridized carbons (Fsp3) is 0.579. The van der Waals surface area contributed by atoms with Crippen LogP contribution in [0.3, 0.4) is 0 Å². The molecule has 2 atom stereocenters. The Hall–Kier alpha value is -1.58. The molecule has 2 heterocycles. The van der Waals surface area contributed by atoms with Gasteiger partial charge in [0, 0.05) is 23.0 Å². The number of aliphatic imine (C=N–C) groups is 1. The zero-order chi connectivity index (χ0) is 20.1. The molecule has 2 aliphatic heterocycles. The summed E-state index contributed by atoms with van der Waals surface area (Å²) in [6.45, 7) is 7.98. The Morgan fingerprint density at radius 3 is 2.57 bits per heavy atom. The highest BCUT2D eigenvalue weighted by molar-refractivity contribution is 8.15. The van der Waals surface area contributed by atoms with Gasteiger partial charge < -0.3 is 15.5 Å². The lowest BCUT2D eigenvalue weighted by molar-refractivity contribution is 0.0952. The van der Waals surface area contributed by atoms with E-state index in [0.29, 0.717) is 12.1 Å². The Bertz CT molecular complexity index is 820. The van der Waals surface area contributed by atoms with Crippen molar-refractivity contribution >= 4 is 38.4 Å². The van der Waals surface area contributed by atoms with Gasteiger partial charge in [0.2, 0.25) is 0 Å². The number of carbonyl (C=O) groups excluding carboxylic acids is 1. The van der Waals surface area contributed by atoms with Crippen LogP contribution in [-0.4, -0.2) is 73.4 Å². The first-order valence-corrected chi connectivity index (χ1v) is 12.4. The molecule has 7 nitrogen and oxygen atoms in total. The lowest BCUT2D eigenvalue weighted by atomic mass is 10.2. The zero-order valence-corrected chi connectivity index (χ0v) is 18.0. The Kier molecular flexibility index (Phi) is 7.00. The van der Waals surface area contributed by atoms with Gasteiger partial charge in [-0.25, -0.2) is 8.42 Å². The number of rotatable bonds is 8. The second-order valence-corrected chi connectivity index (χ2v) is 10.5. The fourth-order valence-corrected chi connectivity index (χ4v) is 7.07. The van der Waals surface area contributed by atoms with E-state index in [9.17, 15) is 13.2 Å². The molecule has 1 fully saturated rings. The fourth-order valence-electron chi connectivity index (χ4n) is 3.39. The Balaban J connectivity index is 1.46. The molecule has 1 amide bonds. The number of sulfone groups is 1. The highest BCUT2D eigenvalue weighted by Gasteiger charge is 2.42. The van der Waals surface area contributed by atoms with E-state index in [1.165, 1.54) is 11.8 Å². The lowest BCUT2D eigenvalue weighted by Gasteiger charge is -2.17. The average Bonchev–Trinajstić information content (AvgIpc) is 3.14. The van der Waals surface area contributed by atoms with Gasteiger partial charge in [-0.2, -0.15) is 0 Å². The third-order valence-electron chi connectivity index (χ3n) is 5.05. The van der Waals surface area contributed by atoms with E-state index in [1.807, 2.05) is 12.1 Å². The summed E-state index contributed by atoms with van der Waals surface area (Å²) in [5.74, 6) is 0.270. The standard InChI is InChI=1S/C19H28N4O3S2/c1-3-23(4-2)11-5-10-20-18(24)14-6-8-15(9-7-14)21-19-22-16-12-28(25,26)13-17(16)27-19/h6-9,16-17H,3-5,10-13H2,1-2H3,(H,20,24)(H,21,22)/t16-,17+/m1/s1. The molecule has 1 aromatic carbocycles. The number of thioether (sulfide) groups is 1. The molecule has 0 saturated carbocycles. The first-order valence-electron chi connectivity index (χ1n) is 9.72. The molecular formula is C19H28N4O3S2. The van der Waals surface area contributed by atoms with Crippen LogP contribution in [0.4, 0.5) is 5.69 Å². The summed E-state index contributed by atoms with van der Waals surface area (Å²) in [6, 6.07) is 7.12. The highest BCUT2D eigenvalue weighted by Crippen LogP contribution is 2.34. The SMILES string of the molecule is CCN(CC)CCCNC(=O)c1ccc(NC2=N[C@@H]3CS(=O)(=O)C[C@@H]3S2)cc1. The minimum Gasteiger partial charge on any atom is -0.352 e. The van der Waals surface area contributed by atoms with Crippen LogP contribution < -0.4 is 10.6 Å². The van der Waals surface area contributed by atoms with Crippen LogP contribution in [0.25, 0.3) is 0 Å². The molecule has 0 bridgehead atoms. The normalized spacial score (nSPS) is 22.8. The highest BCUT2D eigenvalue weighted by atomic mass is 32.2. The van der Waals surface area contributed by atoms with Crippen LogP contribution in [-0.2, 0) is 9.84 Å². The first kappa shape index (κ1) is 21.1. The molecule has 1 aromatic rings. The van der Waals surface area contributed by atoms with E-state index >= 15 is 0 Å². The van der Waals surface area contributed by atoms with E-state index in [4.69, 9.17) is 0 Å². The van der Waals surface area contributed by atoms with Crippen molar-refractivity contribution in [1.29, 1.82) is 0 Å². The third-order valence-corrected chi connectivity index (χ3v) is 8.19. The van der Waals surface area contributed by atoms with Crippen molar-refractivity contribution in [3.05, 3.63) is 29.8 Å². The average molecular weight is 425 g/mol. The van der Waals surface area contributed by atoms with Crippen LogP contribution in [0.5, 0.6) is 0 Å². The number of amides is 1. The predicted molar refractivity (Wildman–Crippen MR) is 116 cm³/mol. The minimum absolute atomic E-state index is 0.0221. The van der Waals surface area contributed by atoms with E-state index in [1.54, 1.807) is 12.1 Å². The number of nitrogens with one attached hydrogen (secondary N) is 2. The van der Waals surface area contributed by atoms with Crippen LogP contribution in [0.15, 0.2) is 29.3 Å². The maximum atomic E-state index is 12.2. The van der Waals surface area contributed by atoms with E-state index in [0.717, 1.165) is 36.9 Å². The number of anilines is 1. The van der Waals surface area contributed by atoms with Gasteiger partial charge in [0.25, 0.3) is 5.91 Å². The van der Waals surface area contributed by atoms with Crippen molar-refractivity contribution in [3.8, 4) is 0 Å². The number of amidine groups is 1. The molecule has 0 spiro atoms. The van der Waals surface area contributed by atoms with Crippen molar-refractivity contribution in [2.45, 2.75) is 31.6 Å².